The third-order valence-electron chi connectivity index (χ3n) is 8.42. The number of aliphatic carboxylic acids is 1. The number of carboxylic acids is 1. The minimum atomic E-state index is -1.39. The molecule has 5 heterocycles. The Morgan fingerprint density at radius 2 is 1.89 bits per heavy atom. The van der Waals surface area contributed by atoms with E-state index in [4.69, 9.17) is 14.5 Å². The Kier molecular flexibility index (Phi) is 8.08. The van der Waals surface area contributed by atoms with Crippen molar-refractivity contribution in [2.75, 3.05) is 11.9 Å². The van der Waals surface area contributed by atoms with E-state index < -0.39 is 29.4 Å². The number of nitrogens with one attached hydrogen (secondary N) is 1. The summed E-state index contributed by atoms with van der Waals surface area (Å²) in [5.74, 6) is -1.33. The van der Waals surface area contributed by atoms with Gasteiger partial charge in [-0.2, -0.15) is 5.10 Å². The second-order valence-electron chi connectivity index (χ2n) is 12.8. The average Bonchev–Trinajstić information content (AvgIpc) is 3.58. The van der Waals surface area contributed by atoms with Gasteiger partial charge in [-0.1, -0.05) is 0 Å². The van der Waals surface area contributed by atoms with Crippen molar-refractivity contribution >= 4 is 28.7 Å². The predicted molar refractivity (Wildman–Crippen MR) is 175 cm³/mol. The molecule has 1 atom stereocenters. The molecule has 1 aliphatic heterocycles. The maximum absolute atomic E-state index is 15.7. The van der Waals surface area contributed by atoms with Crippen molar-refractivity contribution in [3.05, 3.63) is 76.6 Å². The summed E-state index contributed by atoms with van der Waals surface area (Å²) in [5, 5.41) is 18.0. The molecule has 0 aliphatic carbocycles. The summed E-state index contributed by atoms with van der Waals surface area (Å²) in [6.07, 6.45) is 3.13. The number of carbonyl (C=O) groups excluding carboxylic acids is 1. The summed E-state index contributed by atoms with van der Waals surface area (Å²) >= 11 is 0. The Morgan fingerprint density at radius 1 is 1.13 bits per heavy atom. The SMILES string of the molecule is Cc1nc2c(cc(-c3ccnc(C(=O)Nc4ccnn4C)c3)n2C)c(-c2cc(F)c3c(c2C)CCCO3)c1[C@H](OC(C)(C)C)C(=O)O. The number of aromatic nitrogens is 5. The number of hydrogen-bond donors (Lipinski definition) is 2. The molecule has 244 valence electrons. The molecule has 1 amide bonds. The van der Waals surface area contributed by atoms with Gasteiger partial charge in [0.1, 0.15) is 17.2 Å². The van der Waals surface area contributed by atoms with Crippen molar-refractivity contribution in [3.8, 4) is 28.1 Å². The fourth-order valence-electron chi connectivity index (χ4n) is 6.24. The lowest BCUT2D eigenvalue weighted by Gasteiger charge is -2.29. The number of aryl methyl sites for hydroxylation is 3. The quantitative estimate of drug-likeness (QED) is 0.212. The lowest BCUT2D eigenvalue weighted by atomic mass is 9.86. The number of carbonyl (C=O) groups is 2. The summed E-state index contributed by atoms with van der Waals surface area (Å²) in [7, 11) is 3.57. The molecule has 1 aromatic carbocycles. The molecule has 0 unspecified atom stereocenters. The van der Waals surface area contributed by atoms with Gasteiger partial charge >= 0.3 is 5.97 Å². The molecular weight excluding hydrogens is 603 g/mol. The van der Waals surface area contributed by atoms with Crippen LogP contribution in [0.3, 0.4) is 0 Å². The average molecular weight is 641 g/mol. The van der Waals surface area contributed by atoms with Gasteiger partial charge in [0.2, 0.25) is 0 Å². The zero-order valence-corrected chi connectivity index (χ0v) is 27.4. The number of nitrogens with zero attached hydrogens (tertiary/aromatic N) is 5. The van der Waals surface area contributed by atoms with Gasteiger partial charge in [0.25, 0.3) is 5.91 Å². The number of rotatable bonds is 7. The molecule has 0 radical (unpaired) electrons. The van der Waals surface area contributed by atoms with Gasteiger partial charge in [-0.05, 0) is 82.9 Å². The highest BCUT2D eigenvalue weighted by Gasteiger charge is 2.34. The van der Waals surface area contributed by atoms with Crippen LogP contribution in [0.25, 0.3) is 33.4 Å². The molecule has 0 spiro atoms. The lowest BCUT2D eigenvalue weighted by molar-refractivity contribution is -0.160. The third-order valence-corrected chi connectivity index (χ3v) is 8.42. The Balaban J connectivity index is 1.59. The molecule has 0 bridgehead atoms. The first-order valence-electron chi connectivity index (χ1n) is 15.4. The molecule has 1 aliphatic rings. The minimum Gasteiger partial charge on any atom is -0.490 e. The van der Waals surface area contributed by atoms with Crippen LogP contribution in [0, 0.1) is 19.7 Å². The van der Waals surface area contributed by atoms with Crippen LogP contribution in [0.5, 0.6) is 5.75 Å². The highest BCUT2D eigenvalue weighted by Crippen LogP contribution is 2.45. The standard InChI is InChI=1S/C35H37FN6O5/c1-18-21-9-8-14-46-30(21)24(36)16-22(18)29-23-17-26(20-10-12-37-25(15-20)33(43)40-27-11-13-38-42(27)7)41(6)32(23)39-19(2)28(29)31(34(44)45)47-35(3,4)5/h10-13,15-17,31H,8-9,14H2,1-7H3,(H,40,43)(H,44,45)/t31-/m0/s1. The molecule has 0 saturated carbocycles. The van der Waals surface area contributed by atoms with Gasteiger partial charge in [0, 0.05) is 59.7 Å². The van der Waals surface area contributed by atoms with E-state index in [2.05, 4.69) is 15.4 Å². The van der Waals surface area contributed by atoms with E-state index in [0.717, 1.165) is 17.5 Å². The first-order chi connectivity index (χ1) is 22.2. The van der Waals surface area contributed by atoms with Gasteiger partial charge in [0.15, 0.2) is 17.7 Å². The van der Waals surface area contributed by atoms with Crippen molar-refractivity contribution in [1.29, 1.82) is 0 Å². The van der Waals surface area contributed by atoms with E-state index in [1.54, 1.807) is 70.0 Å². The largest absolute Gasteiger partial charge is 0.490 e. The molecule has 0 fully saturated rings. The van der Waals surface area contributed by atoms with Crippen molar-refractivity contribution < 1.29 is 28.6 Å². The predicted octanol–water partition coefficient (Wildman–Crippen LogP) is 6.31. The van der Waals surface area contributed by atoms with Crippen LogP contribution < -0.4 is 10.1 Å². The lowest BCUT2D eigenvalue weighted by Crippen LogP contribution is -2.28. The van der Waals surface area contributed by atoms with Crippen molar-refractivity contribution in [1.82, 2.24) is 24.3 Å². The van der Waals surface area contributed by atoms with Crippen LogP contribution in [0.1, 0.15) is 66.2 Å². The smallest absolute Gasteiger partial charge is 0.337 e. The van der Waals surface area contributed by atoms with Gasteiger partial charge in [-0.15, -0.1) is 0 Å². The molecule has 11 nitrogen and oxygen atoms in total. The van der Waals surface area contributed by atoms with Crippen LogP contribution in [-0.4, -0.2) is 53.5 Å². The summed E-state index contributed by atoms with van der Waals surface area (Å²) in [6.45, 7) is 9.45. The number of anilines is 1. The first-order valence-corrected chi connectivity index (χ1v) is 15.4. The van der Waals surface area contributed by atoms with Crippen LogP contribution in [0.2, 0.25) is 0 Å². The molecule has 2 N–H and O–H groups in total. The van der Waals surface area contributed by atoms with E-state index >= 15 is 4.39 Å². The van der Waals surface area contributed by atoms with Gasteiger partial charge in [-0.3, -0.25) is 14.5 Å². The number of benzene rings is 1. The Labute approximate surface area is 271 Å². The minimum absolute atomic E-state index is 0.191. The maximum atomic E-state index is 15.7. The molecule has 4 aromatic heterocycles. The molecular formula is C35H37FN6O5. The number of carboxylic acid groups (broad SMARTS) is 1. The van der Waals surface area contributed by atoms with Crippen molar-refractivity contribution in [3.63, 3.8) is 0 Å². The monoisotopic (exact) mass is 640 g/mol. The maximum Gasteiger partial charge on any atom is 0.337 e. The summed E-state index contributed by atoms with van der Waals surface area (Å²) in [6, 6.07) is 8.46. The third kappa shape index (κ3) is 5.85. The molecule has 5 aromatic rings. The molecule has 12 heteroatoms. The van der Waals surface area contributed by atoms with Gasteiger partial charge < -0.3 is 24.5 Å². The molecule has 0 saturated heterocycles. The second kappa shape index (κ2) is 11.9. The Morgan fingerprint density at radius 3 is 2.57 bits per heavy atom. The normalized spacial score (nSPS) is 13.7. The topological polar surface area (TPSA) is 133 Å². The number of ether oxygens (including phenoxy) is 2. The van der Waals surface area contributed by atoms with Crippen LogP contribution in [0.4, 0.5) is 10.2 Å². The number of amides is 1. The molecule has 6 rings (SSSR count). The summed E-state index contributed by atoms with van der Waals surface area (Å²) < 4.78 is 31.0. The van der Waals surface area contributed by atoms with Crippen molar-refractivity contribution in [2.24, 2.45) is 14.1 Å². The number of pyridine rings is 2. The number of fused-ring (bicyclic) bond motifs is 2. The first kappa shape index (κ1) is 31.9. The van der Waals surface area contributed by atoms with Crippen LogP contribution >= 0.6 is 0 Å². The van der Waals surface area contributed by atoms with Crippen LogP contribution in [-0.2, 0) is 30.0 Å². The second-order valence-corrected chi connectivity index (χ2v) is 12.8. The fraction of sp³-hybridized carbons (Fsp3) is 0.343. The van der Waals surface area contributed by atoms with E-state index in [9.17, 15) is 14.7 Å². The zero-order chi connectivity index (χ0) is 33.8. The highest BCUT2D eigenvalue weighted by atomic mass is 19.1. The number of halogens is 1. The van der Waals surface area contributed by atoms with Gasteiger partial charge in [-0.25, -0.2) is 14.2 Å². The summed E-state index contributed by atoms with van der Waals surface area (Å²) in [4.78, 5) is 35.2. The van der Waals surface area contributed by atoms with Crippen LogP contribution in [0.15, 0.2) is 42.7 Å². The molecule has 47 heavy (non-hydrogen) atoms. The highest BCUT2D eigenvalue weighted by molar-refractivity contribution is 6.04. The summed E-state index contributed by atoms with van der Waals surface area (Å²) in [5.41, 5.74) is 4.75. The van der Waals surface area contributed by atoms with E-state index in [-0.39, 0.29) is 11.4 Å². The van der Waals surface area contributed by atoms with Gasteiger partial charge in [0.05, 0.1) is 24.1 Å². The van der Waals surface area contributed by atoms with E-state index in [1.807, 2.05) is 24.6 Å². The van der Waals surface area contributed by atoms with Crippen molar-refractivity contribution in [2.45, 2.75) is 59.2 Å². The Bertz CT molecular complexity index is 2060. The number of hydrogen-bond acceptors (Lipinski definition) is 7. The van der Waals surface area contributed by atoms with E-state index in [0.29, 0.717) is 63.5 Å². The Hall–Kier alpha value is -5.10. The fourth-order valence-corrected chi connectivity index (χ4v) is 6.24. The van der Waals surface area contributed by atoms with E-state index in [1.165, 1.54) is 6.07 Å². The zero-order valence-electron chi connectivity index (χ0n) is 27.4.